The molecule has 2 aromatic carbocycles. The van der Waals surface area contributed by atoms with E-state index in [-0.39, 0.29) is 35.3 Å². The number of hydrogen-bond donors (Lipinski definition) is 0. The Labute approximate surface area is 205 Å². The third-order valence-electron chi connectivity index (χ3n) is 7.36. The molecule has 0 aliphatic carbocycles. The molecule has 0 bridgehead atoms. The molecule has 1 aliphatic heterocycles. The second-order valence-corrected chi connectivity index (χ2v) is 15.5. The van der Waals surface area contributed by atoms with Crippen LogP contribution in [0.15, 0.2) is 60.7 Å². The lowest BCUT2D eigenvalue weighted by molar-refractivity contribution is -0.144. The molecule has 1 heterocycles. The van der Waals surface area contributed by atoms with Crippen molar-refractivity contribution in [3.8, 4) is 0 Å². The zero-order valence-corrected chi connectivity index (χ0v) is 22.4. The Morgan fingerprint density at radius 3 is 2.15 bits per heavy atom. The van der Waals surface area contributed by atoms with Gasteiger partial charge in [-0.05, 0) is 36.2 Å². The van der Waals surface area contributed by atoms with Gasteiger partial charge in [-0.25, -0.2) is 0 Å². The summed E-state index contributed by atoms with van der Waals surface area (Å²) in [5.41, 5.74) is 2.01. The second-order valence-electron chi connectivity index (χ2n) is 10.7. The van der Waals surface area contributed by atoms with Gasteiger partial charge in [-0.15, -0.1) is 0 Å². The van der Waals surface area contributed by atoms with E-state index < -0.39 is 14.2 Å². The van der Waals surface area contributed by atoms with Crippen molar-refractivity contribution >= 4 is 20.2 Å². The van der Waals surface area contributed by atoms with Gasteiger partial charge < -0.3 is 14.1 Å². The largest absolute Gasteiger partial charge is 0.466 e. The molecule has 0 N–H and O–H groups in total. The molecule has 1 amide bonds. The highest BCUT2D eigenvalue weighted by Crippen LogP contribution is 2.43. The lowest BCUT2D eigenvalue weighted by atomic mass is 9.83. The fraction of sp³-hybridized carbons (Fsp3) is 0.500. The van der Waals surface area contributed by atoms with Crippen LogP contribution in [0.2, 0.25) is 18.1 Å². The van der Waals surface area contributed by atoms with Gasteiger partial charge >= 0.3 is 5.97 Å². The minimum atomic E-state index is -2.06. The van der Waals surface area contributed by atoms with E-state index in [0.29, 0.717) is 19.8 Å². The highest BCUT2D eigenvalue weighted by Gasteiger charge is 2.50. The van der Waals surface area contributed by atoms with Gasteiger partial charge in [0.1, 0.15) is 0 Å². The summed E-state index contributed by atoms with van der Waals surface area (Å²) in [7, 11) is -2.06. The Morgan fingerprint density at radius 2 is 1.59 bits per heavy atom. The van der Waals surface area contributed by atoms with Gasteiger partial charge in [0.05, 0.1) is 31.6 Å². The van der Waals surface area contributed by atoms with E-state index in [0.717, 1.165) is 11.1 Å². The van der Waals surface area contributed by atoms with Gasteiger partial charge in [0.15, 0.2) is 8.32 Å². The first-order valence-corrected chi connectivity index (χ1v) is 15.1. The molecule has 6 heteroatoms. The summed E-state index contributed by atoms with van der Waals surface area (Å²) in [4.78, 5) is 28.5. The van der Waals surface area contributed by atoms with Crippen LogP contribution in [-0.2, 0) is 25.3 Å². The van der Waals surface area contributed by atoms with E-state index >= 15 is 0 Å². The maximum Gasteiger partial charge on any atom is 0.306 e. The molecule has 0 aromatic heterocycles. The van der Waals surface area contributed by atoms with Crippen LogP contribution in [0, 0.1) is 5.92 Å². The number of likely N-dealkylation sites (tertiary alicyclic amines) is 1. The Hall–Kier alpha value is -2.44. The minimum Gasteiger partial charge on any atom is -0.466 e. The number of hydrogen-bond acceptors (Lipinski definition) is 4. The summed E-state index contributed by atoms with van der Waals surface area (Å²) in [5, 5.41) is 0.0509. The number of rotatable bonds is 9. The Morgan fingerprint density at radius 1 is 1.00 bits per heavy atom. The average molecular weight is 482 g/mol. The minimum absolute atomic E-state index is 0.0492. The Kier molecular flexibility index (Phi) is 8.37. The summed E-state index contributed by atoms with van der Waals surface area (Å²) in [5.74, 6) is -0.835. The number of benzene rings is 2. The lowest BCUT2D eigenvalue weighted by Crippen LogP contribution is -2.46. The van der Waals surface area contributed by atoms with Gasteiger partial charge in [0, 0.05) is 12.5 Å². The molecule has 34 heavy (non-hydrogen) atoms. The first-order chi connectivity index (χ1) is 16.0. The van der Waals surface area contributed by atoms with Crippen LogP contribution in [0.4, 0.5) is 0 Å². The van der Waals surface area contributed by atoms with Crippen LogP contribution in [0.3, 0.4) is 0 Å². The highest BCUT2D eigenvalue weighted by molar-refractivity contribution is 6.74. The predicted molar refractivity (Wildman–Crippen MR) is 138 cm³/mol. The van der Waals surface area contributed by atoms with Crippen molar-refractivity contribution in [2.45, 2.75) is 70.8 Å². The van der Waals surface area contributed by atoms with Crippen LogP contribution in [0.1, 0.15) is 51.2 Å². The summed E-state index contributed by atoms with van der Waals surface area (Å²) < 4.78 is 12.0. The molecule has 184 valence electrons. The van der Waals surface area contributed by atoms with Gasteiger partial charge in [-0.3, -0.25) is 9.59 Å². The van der Waals surface area contributed by atoms with Crippen LogP contribution in [0.25, 0.3) is 0 Å². The maximum absolute atomic E-state index is 13.9. The van der Waals surface area contributed by atoms with Crippen LogP contribution >= 0.6 is 0 Å². The van der Waals surface area contributed by atoms with Crippen LogP contribution < -0.4 is 0 Å². The summed E-state index contributed by atoms with van der Waals surface area (Å²) in [6.45, 7) is 14.1. The average Bonchev–Trinajstić information content (AvgIpc) is 3.03. The van der Waals surface area contributed by atoms with Crippen LogP contribution in [-0.4, -0.2) is 44.3 Å². The molecule has 3 rings (SSSR count). The summed E-state index contributed by atoms with van der Waals surface area (Å²) >= 11 is 0. The fourth-order valence-electron chi connectivity index (χ4n) is 4.39. The van der Waals surface area contributed by atoms with Crippen molar-refractivity contribution in [2.24, 2.45) is 5.92 Å². The second kappa shape index (κ2) is 10.9. The number of carbonyl (C=O) groups is 2. The van der Waals surface area contributed by atoms with Crippen molar-refractivity contribution in [1.82, 2.24) is 4.90 Å². The normalized spacial score (nSPS) is 21.1. The number of ether oxygens (including phenoxy) is 1. The molecular formula is C28H39NO4Si. The molecule has 1 aliphatic rings. The third-order valence-corrected chi connectivity index (χ3v) is 11.9. The first-order valence-electron chi connectivity index (χ1n) is 12.2. The van der Waals surface area contributed by atoms with Crippen molar-refractivity contribution in [2.75, 3.05) is 13.2 Å². The van der Waals surface area contributed by atoms with Gasteiger partial charge in [0.25, 0.3) is 0 Å². The molecule has 2 aromatic rings. The van der Waals surface area contributed by atoms with E-state index in [1.54, 1.807) is 0 Å². The number of esters is 1. The Bertz CT molecular complexity index is 955. The Balaban J connectivity index is 2.00. The van der Waals surface area contributed by atoms with E-state index in [4.69, 9.17) is 9.16 Å². The molecular weight excluding hydrogens is 442 g/mol. The third kappa shape index (κ3) is 5.97. The number of nitrogens with zero attached hydrogens (tertiary/aromatic N) is 1. The van der Waals surface area contributed by atoms with E-state index in [1.165, 1.54) is 0 Å². The maximum atomic E-state index is 13.9. The highest BCUT2D eigenvalue weighted by atomic mass is 28.4. The smallest absolute Gasteiger partial charge is 0.306 e. The van der Waals surface area contributed by atoms with E-state index in [9.17, 15) is 9.59 Å². The van der Waals surface area contributed by atoms with Gasteiger partial charge in [-0.2, -0.15) is 0 Å². The molecule has 1 fully saturated rings. The zero-order valence-electron chi connectivity index (χ0n) is 21.4. The van der Waals surface area contributed by atoms with Crippen molar-refractivity contribution in [3.05, 3.63) is 71.8 Å². The standard InChI is InChI=1S/C28H39NO4Si/c1-7-32-25(30)18-23-24(20-33-34(5,6)28(2,3)4)29(19-21-14-10-8-11-15-21)27(31)26(23)22-16-12-9-13-17-22/h8-17,23-24,26H,7,18-20H2,1-6H3/t23-,24-,26-/m1/s1. The molecule has 0 spiro atoms. The molecule has 0 saturated carbocycles. The van der Waals surface area contributed by atoms with Gasteiger partial charge in [-0.1, -0.05) is 81.4 Å². The van der Waals surface area contributed by atoms with Crippen molar-refractivity contribution in [3.63, 3.8) is 0 Å². The SMILES string of the molecule is CCOC(=O)C[C@H]1[C@@H](c2ccccc2)C(=O)N(Cc2ccccc2)[C@@H]1CO[Si](C)(C)C(C)(C)C. The van der Waals surface area contributed by atoms with Crippen molar-refractivity contribution < 1.29 is 18.8 Å². The van der Waals surface area contributed by atoms with E-state index in [2.05, 4.69) is 33.9 Å². The summed E-state index contributed by atoms with van der Waals surface area (Å²) in [6.07, 6.45) is 0.190. The zero-order chi connectivity index (χ0) is 24.9. The number of carbonyl (C=O) groups excluding carboxylic acids is 2. The number of amides is 1. The quantitative estimate of drug-likeness (QED) is 0.337. The van der Waals surface area contributed by atoms with Gasteiger partial charge in [0.2, 0.25) is 5.91 Å². The first kappa shape index (κ1) is 26.2. The topological polar surface area (TPSA) is 55.8 Å². The van der Waals surface area contributed by atoms with Crippen LogP contribution in [0.5, 0.6) is 0 Å². The van der Waals surface area contributed by atoms with Crippen molar-refractivity contribution in [1.29, 1.82) is 0 Å². The lowest BCUT2D eigenvalue weighted by Gasteiger charge is -2.39. The molecule has 0 unspecified atom stereocenters. The monoisotopic (exact) mass is 481 g/mol. The molecule has 3 atom stereocenters. The molecule has 1 saturated heterocycles. The predicted octanol–water partition coefficient (Wildman–Crippen LogP) is 5.77. The molecule has 0 radical (unpaired) electrons. The summed E-state index contributed by atoms with van der Waals surface area (Å²) in [6, 6.07) is 19.6. The molecule has 5 nitrogen and oxygen atoms in total. The van der Waals surface area contributed by atoms with E-state index in [1.807, 2.05) is 72.5 Å². The fourth-order valence-corrected chi connectivity index (χ4v) is 5.41.